The molecule has 0 saturated carbocycles. The molecule has 0 unspecified atom stereocenters. The summed E-state index contributed by atoms with van der Waals surface area (Å²) in [6, 6.07) is 5.25. The molecule has 1 fully saturated rings. The van der Waals surface area contributed by atoms with Gasteiger partial charge in [-0.25, -0.2) is 9.97 Å². The molecule has 0 bridgehead atoms. The largest absolute Gasteiger partial charge is 0.416 e. The van der Waals surface area contributed by atoms with Crippen molar-refractivity contribution >= 4 is 34.4 Å². The average molecular weight is 440 g/mol. The van der Waals surface area contributed by atoms with Gasteiger partial charge in [0.05, 0.1) is 27.7 Å². The lowest BCUT2D eigenvalue weighted by atomic mass is 10.1. The highest BCUT2D eigenvalue weighted by molar-refractivity contribution is 6.33. The molecule has 3 heterocycles. The van der Waals surface area contributed by atoms with Crippen molar-refractivity contribution in [3.05, 3.63) is 46.6 Å². The van der Waals surface area contributed by atoms with Crippen molar-refractivity contribution in [3.8, 4) is 0 Å². The molecule has 6 nitrogen and oxygen atoms in total. The number of piperazine rings is 1. The standard InChI is InChI=1S/C20H21ClF3N5O/c1-11-10-28(18-15(21)7-13(9-25-18)12(2)30)5-6-29(11)19-26-16-4-3-14(20(22,23)24)8-17(16)27-19/h3-4,7-9,11-12,30H,5-6,10H2,1-2H3,(H,26,27)/t11-,12+/m1/s1. The number of rotatable bonds is 3. The molecule has 2 aromatic heterocycles. The summed E-state index contributed by atoms with van der Waals surface area (Å²) >= 11 is 6.37. The number of hydrogen-bond acceptors (Lipinski definition) is 5. The Hall–Kier alpha value is -2.52. The lowest BCUT2D eigenvalue weighted by Gasteiger charge is -2.40. The van der Waals surface area contributed by atoms with Crippen LogP contribution in [0.5, 0.6) is 0 Å². The molecule has 2 N–H and O–H groups in total. The number of aromatic nitrogens is 3. The number of pyridine rings is 1. The third kappa shape index (κ3) is 3.91. The first-order chi connectivity index (χ1) is 14.1. The molecule has 0 amide bonds. The molecule has 2 atom stereocenters. The zero-order valence-electron chi connectivity index (χ0n) is 16.4. The lowest BCUT2D eigenvalue weighted by molar-refractivity contribution is -0.137. The lowest BCUT2D eigenvalue weighted by Crippen LogP contribution is -2.52. The second-order valence-corrected chi connectivity index (χ2v) is 7.94. The average Bonchev–Trinajstić information content (AvgIpc) is 3.10. The molecule has 1 aliphatic rings. The van der Waals surface area contributed by atoms with Gasteiger partial charge in [0.2, 0.25) is 5.95 Å². The molecule has 160 valence electrons. The highest BCUT2D eigenvalue weighted by Gasteiger charge is 2.32. The number of anilines is 2. The Kier molecular flexibility index (Phi) is 5.27. The number of nitrogens with one attached hydrogen (secondary N) is 1. The van der Waals surface area contributed by atoms with Crippen LogP contribution in [0.2, 0.25) is 5.02 Å². The van der Waals surface area contributed by atoms with Gasteiger partial charge in [0.15, 0.2) is 0 Å². The van der Waals surface area contributed by atoms with Gasteiger partial charge < -0.3 is 19.9 Å². The van der Waals surface area contributed by atoms with Gasteiger partial charge in [-0.15, -0.1) is 0 Å². The quantitative estimate of drug-likeness (QED) is 0.633. The van der Waals surface area contributed by atoms with E-state index in [1.807, 2.05) is 11.8 Å². The maximum Gasteiger partial charge on any atom is 0.416 e. The second-order valence-electron chi connectivity index (χ2n) is 7.53. The molecular formula is C20H21ClF3N5O. The summed E-state index contributed by atoms with van der Waals surface area (Å²) in [6.07, 6.45) is -3.44. The van der Waals surface area contributed by atoms with E-state index in [9.17, 15) is 18.3 Å². The number of halogens is 4. The molecule has 30 heavy (non-hydrogen) atoms. The number of imidazole rings is 1. The zero-order valence-corrected chi connectivity index (χ0v) is 17.2. The van der Waals surface area contributed by atoms with Gasteiger partial charge in [-0.3, -0.25) is 0 Å². The summed E-state index contributed by atoms with van der Waals surface area (Å²) in [5, 5.41) is 10.2. The van der Waals surface area contributed by atoms with E-state index in [1.54, 1.807) is 19.2 Å². The van der Waals surface area contributed by atoms with Crippen molar-refractivity contribution in [1.82, 2.24) is 15.0 Å². The van der Waals surface area contributed by atoms with Crippen LogP contribution in [0.4, 0.5) is 24.9 Å². The van der Waals surface area contributed by atoms with E-state index in [0.29, 0.717) is 47.5 Å². The van der Waals surface area contributed by atoms with Crippen LogP contribution in [0.15, 0.2) is 30.5 Å². The third-order valence-corrected chi connectivity index (χ3v) is 5.60. The molecule has 0 radical (unpaired) electrons. The van der Waals surface area contributed by atoms with E-state index >= 15 is 0 Å². The van der Waals surface area contributed by atoms with E-state index < -0.39 is 17.8 Å². The minimum Gasteiger partial charge on any atom is -0.389 e. The van der Waals surface area contributed by atoms with Gasteiger partial charge in [0.25, 0.3) is 0 Å². The first kappa shape index (κ1) is 20.7. The maximum absolute atomic E-state index is 13.0. The van der Waals surface area contributed by atoms with Crippen LogP contribution < -0.4 is 9.80 Å². The number of fused-ring (bicyclic) bond motifs is 1. The van der Waals surface area contributed by atoms with Gasteiger partial charge in [-0.2, -0.15) is 13.2 Å². The van der Waals surface area contributed by atoms with Crippen LogP contribution in [0, 0.1) is 0 Å². The van der Waals surface area contributed by atoms with E-state index in [2.05, 4.69) is 19.9 Å². The Balaban J connectivity index is 1.53. The van der Waals surface area contributed by atoms with Gasteiger partial charge >= 0.3 is 6.18 Å². The van der Waals surface area contributed by atoms with Gasteiger partial charge in [-0.05, 0) is 38.1 Å². The maximum atomic E-state index is 13.0. The Bertz CT molecular complexity index is 1070. The number of aliphatic hydroxyl groups is 1. The molecule has 4 rings (SSSR count). The summed E-state index contributed by atoms with van der Waals surface area (Å²) < 4.78 is 38.9. The van der Waals surface area contributed by atoms with Crippen molar-refractivity contribution < 1.29 is 18.3 Å². The number of hydrogen-bond donors (Lipinski definition) is 2. The monoisotopic (exact) mass is 439 g/mol. The molecule has 3 aromatic rings. The summed E-state index contributed by atoms with van der Waals surface area (Å²) in [6.45, 7) is 5.50. The Morgan fingerprint density at radius 2 is 2.03 bits per heavy atom. The van der Waals surface area contributed by atoms with E-state index in [-0.39, 0.29) is 11.6 Å². The fraction of sp³-hybridized carbons (Fsp3) is 0.400. The first-order valence-electron chi connectivity index (χ1n) is 9.55. The van der Waals surface area contributed by atoms with Crippen LogP contribution in [-0.4, -0.2) is 45.7 Å². The van der Waals surface area contributed by atoms with E-state index in [4.69, 9.17) is 11.6 Å². The third-order valence-electron chi connectivity index (χ3n) is 5.32. The topological polar surface area (TPSA) is 68.3 Å². The van der Waals surface area contributed by atoms with Crippen LogP contribution in [0.3, 0.4) is 0 Å². The van der Waals surface area contributed by atoms with Crippen molar-refractivity contribution in [3.63, 3.8) is 0 Å². The van der Waals surface area contributed by atoms with E-state index in [1.165, 1.54) is 6.07 Å². The molecule has 1 aliphatic heterocycles. The van der Waals surface area contributed by atoms with E-state index in [0.717, 1.165) is 12.1 Å². The van der Waals surface area contributed by atoms with Crippen LogP contribution in [-0.2, 0) is 6.18 Å². The number of benzene rings is 1. The SMILES string of the molecule is C[C@H](O)c1cnc(N2CCN(c3nc4cc(C(F)(F)F)ccc4[nH]3)[C@H](C)C2)c(Cl)c1. The van der Waals surface area contributed by atoms with Gasteiger partial charge in [-0.1, -0.05) is 11.6 Å². The number of aliphatic hydroxyl groups excluding tert-OH is 1. The van der Waals surface area contributed by atoms with Crippen LogP contribution >= 0.6 is 11.6 Å². The minimum atomic E-state index is -4.40. The molecule has 1 aromatic carbocycles. The number of alkyl halides is 3. The Labute approximate surface area is 176 Å². The minimum absolute atomic E-state index is 0.0238. The smallest absolute Gasteiger partial charge is 0.389 e. The summed E-state index contributed by atoms with van der Waals surface area (Å²) in [5.74, 6) is 1.19. The predicted molar refractivity (Wildman–Crippen MR) is 110 cm³/mol. The molecule has 0 spiro atoms. The highest BCUT2D eigenvalue weighted by Crippen LogP contribution is 2.33. The number of H-pyrrole nitrogens is 1. The normalized spacial score (nSPS) is 18.8. The molecule has 10 heteroatoms. The fourth-order valence-electron chi connectivity index (χ4n) is 3.68. The van der Waals surface area contributed by atoms with Crippen molar-refractivity contribution in [2.24, 2.45) is 0 Å². The van der Waals surface area contributed by atoms with Crippen molar-refractivity contribution in [2.45, 2.75) is 32.2 Å². The highest BCUT2D eigenvalue weighted by atomic mass is 35.5. The Morgan fingerprint density at radius 1 is 1.27 bits per heavy atom. The summed E-state index contributed by atoms with van der Waals surface area (Å²) in [4.78, 5) is 16.0. The molecule has 1 saturated heterocycles. The Morgan fingerprint density at radius 3 is 2.67 bits per heavy atom. The predicted octanol–water partition coefficient (Wildman–Crippen LogP) is 4.40. The number of aromatic amines is 1. The summed E-state index contributed by atoms with van der Waals surface area (Å²) in [5.41, 5.74) is 0.780. The number of nitrogens with zero attached hydrogens (tertiary/aromatic N) is 4. The zero-order chi connectivity index (χ0) is 21.6. The molecular weight excluding hydrogens is 419 g/mol. The van der Waals surface area contributed by atoms with Gasteiger partial charge in [0.1, 0.15) is 5.82 Å². The summed E-state index contributed by atoms with van der Waals surface area (Å²) in [7, 11) is 0. The first-order valence-corrected chi connectivity index (χ1v) is 9.93. The van der Waals surface area contributed by atoms with Gasteiger partial charge in [0, 0.05) is 37.4 Å². The van der Waals surface area contributed by atoms with Crippen molar-refractivity contribution in [1.29, 1.82) is 0 Å². The molecule has 0 aliphatic carbocycles. The van der Waals surface area contributed by atoms with Crippen LogP contribution in [0.25, 0.3) is 11.0 Å². The van der Waals surface area contributed by atoms with Crippen molar-refractivity contribution in [2.75, 3.05) is 29.4 Å². The van der Waals surface area contributed by atoms with Crippen LogP contribution in [0.1, 0.15) is 31.1 Å². The second kappa shape index (κ2) is 7.63. The fourth-order valence-corrected chi connectivity index (χ4v) is 3.97.